The Morgan fingerprint density at radius 2 is 1.79 bits per heavy atom. The van der Waals surface area contributed by atoms with Crippen molar-refractivity contribution in [1.82, 2.24) is 9.13 Å². The highest BCUT2D eigenvalue weighted by Crippen LogP contribution is 2.31. The molecule has 0 unspecified atom stereocenters. The lowest BCUT2D eigenvalue weighted by Gasteiger charge is -2.12. The van der Waals surface area contributed by atoms with E-state index in [9.17, 15) is 9.59 Å². The molecular formula is C23H18N2O3S. The van der Waals surface area contributed by atoms with E-state index in [4.69, 9.17) is 4.42 Å². The number of fused-ring (bicyclic) bond motifs is 3. The van der Waals surface area contributed by atoms with Crippen LogP contribution in [0.3, 0.4) is 0 Å². The Morgan fingerprint density at radius 3 is 2.59 bits per heavy atom. The average Bonchev–Trinajstić information content (AvgIpc) is 3.36. The number of aromatic nitrogens is 2. The van der Waals surface area contributed by atoms with Gasteiger partial charge in [-0.2, -0.15) is 0 Å². The first-order valence-corrected chi connectivity index (χ1v) is 10.2. The van der Waals surface area contributed by atoms with Crippen molar-refractivity contribution in [3.05, 3.63) is 105 Å². The van der Waals surface area contributed by atoms with Crippen LogP contribution in [0.15, 0.2) is 80.9 Å². The van der Waals surface area contributed by atoms with Crippen molar-refractivity contribution in [2.75, 3.05) is 0 Å². The summed E-state index contributed by atoms with van der Waals surface area (Å²) in [7, 11) is 0. The number of nitrogens with zero attached hydrogens (tertiary/aromatic N) is 2. The molecule has 0 spiro atoms. The smallest absolute Gasteiger partial charge is 0.332 e. The van der Waals surface area contributed by atoms with Gasteiger partial charge in [0, 0.05) is 10.1 Å². The zero-order valence-electron chi connectivity index (χ0n) is 15.8. The van der Waals surface area contributed by atoms with Gasteiger partial charge >= 0.3 is 5.69 Å². The topological polar surface area (TPSA) is 57.1 Å². The van der Waals surface area contributed by atoms with Crippen LogP contribution in [-0.4, -0.2) is 9.13 Å². The van der Waals surface area contributed by atoms with Crippen LogP contribution in [-0.2, 0) is 13.1 Å². The molecule has 0 aliphatic carbocycles. The molecule has 0 fully saturated rings. The Bertz CT molecular complexity index is 1460. The van der Waals surface area contributed by atoms with Gasteiger partial charge in [0.2, 0.25) is 0 Å². The molecule has 0 bridgehead atoms. The Morgan fingerprint density at radius 1 is 0.931 bits per heavy atom. The summed E-state index contributed by atoms with van der Waals surface area (Å²) in [5.41, 5.74) is 2.25. The first-order chi connectivity index (χ1) is 14.1. The Labute approximate surface area is 170 Å². The second-order valence-corrected chi connectivity index (χ2v) is 8.16. The largest absolute Gasteiger partial charge is 0.467 e. The molecule has 0 aliphatic heterocycles. The van der Waals surface area contributed by atoms with E-state index in [-0.39, 0.29) is 17.8 Å². The fourth-order valence-corrected chi connectivity index (χ4v) is 4.89. The van der Waals surface area contributed by atoms with Crippen LogP contribution in [0.25, 0.3) is 20.3 Å². The summed E-state index contributed by atoms with van der Waals surface area (Å²) in [5.74, 6) is 0.576. The van der Waals surface area contributed by atoms with Gasteiger partial charge in [0.05, 0.1) is 24.9 Å². The summed E-state index contributed by atoms with van der Waals surface area (Å²) in [6.45, 7) is 2.54. The van der Waals surface area contributed by atoms with E-state index >= 15 is 0 Å². The molecule has 3 heterocycles. The molecule has 0 aliphatic rings. The summed E-state index contributed by atoms with van der Waals surface area (Å²) in [5, 5.41) is 0.930. The van der Waals surface area contributed by atoms with Gasteiger partial charge in [-0.15, -0.1) is 11.3 Å². The molecule has 0 amide bonds. The summed E-state index contributed by atoms with van der Waals surface area (Å²) < 4.78 is 9.95. The molecule has 5 rings (SSSR count). The molecule has 2 aromatic carbocycles. The van der Waals surface area contributed by atoms with Crippen LogP contribution in [0.5, 0.6) is 0 Å². The fraction of sp³-hybridized carbons (Fsp3) is 0.130. The highest BCUT2D eigenvalue weighted by Gasteiger charge is 2.19. The van der Waals surface area contributed by atoms with E-state index in [0.717, 1.165) is 21.2 Å². The third-order valence-corrected chi connectivity index (χ3v) is 6.21. The van der Waals surface area contributed by atoms with E-state index in [0.29, 0.717) is 22.5 Å². The number of hydrogen-bond donors (Lipinski definition) is 0. The highest BCUT2D eigenvalue weighted by molar-refractivity contribution is 7.25. The molecule has 5 aromatic rings. The molecule has 0 N–H and O–H groups in total. The summed E-state index contributed by atoms with van der Waals surface area (Å²) >= 11 is 1.43. The normalized spacial score (nSPS) is 11.5. The van der Waals surface area contributed by atoms with E-state index in [1.807, 2.05) is 49.4 Å². The second-order valence-electron chi connectivity index (χ2n) is 7.10. The van der Waals surface area contributed by atoms with Gasteiger partial charge in [0.15, 0.2) is 0 Å². The molecule has 29 heavy (non-hydrogen) atoms. The molecule has 0 radical (unpaired) electrons. The minimum Gasteiger partial charge on any atom is -0.467 e. The number of hydrogen-bond acceptors (Lipinski definition) is 4. The fourth-order valence-electron chi connectivity index (χ4n) is 3.73. The maximum absolute atomic E-state index is 13.4. The van der Waals surface area contributed by atoms with E-state index < -0.39 is 0 Å². The monoisotopic (exact) mass is 402 g/mol. The first kappa shape index (κ1) is 17.7. The van der Waals surface area contributed by atoms with Crippen molar-refractivity contribution >= 4 is 31.6 Å². The van der Waals surface area contributed by atoms with Crippen LogP contribution in [0.2, 0.25) is 0 Å². The van der Waals surface area contributed by atoms with Gasteiger partial charge in [0.25, 0.3) is 5.56 Å². The summed E-state index contributed by atoms with van der Waals surface area (Å²) in [4.78, 5) is 26.7. The molecule has 5 nitrogen and oxygen atoms in total. The third-order valence-electron chi connectivity index (χ3n) is 5.06. The molecule has 144 valence electrons. The van der Waals surface area contributed by atoms with Gasteiger partial charge < -0.3 is 4.42 Å². The van der Waals surface area contributed by atoms with E-state index in [1.54, 1.807) is 23.0 Å². The van der Waals surface area contributed by atoms with Crippen molar-refractivity contribution in [3.8, 4) is 0 Å². The van der Waals surface area contributed by atoms with E-state index in [1.165, 1.54) is 15.9 Å². The third kappa shape index (κ3) is 3.02. The Hall–Kier alpha value is -3.38. The summed E-state index contributed by atoms with van der Waals surface area (Å²) in [6, 6.07) is 19.4. The second kappa shape index (κ2) is 6.90. The van der Waals surface area contributed by atoms with Crippen LogP contribution in [0.4, 0.5) is 0 Å². The van der Waals surface area contributed by atoms with Gasteiger partial charge in [-0.1, -0.05) is 48.0 Å². The van der Waals surface area contributed by atoms with Crippen molar-refractivity contribution in [3.63, 3.8) is 0 Å². The number of thiophene rings is 1. The molecule has 3 aromatic heterocycles. The van der Waals surface area contributed by atoms with Crippen LogP contribution in [0.1, 0.15) is 16.9 Å². The minimum absolute atomic E-state index is 0.114. The number of furan rings is 1. The molecule has 6 heteroatoms. The predicted octanol–water partition coefficient (Wildman–Crippen LogP) is 4.38. The van der Waals surface area contributed by atoms with Gasteiger partial charge in [-0.3, -0.25) is 13.9 Å². The van der Waals surface area contributed by atoms with Gasteiger partial charge in [0.1, 0.15) is 10.5 Å². The number of benzene rings is 2. The van der Waals surface area contributed by atoms with Gasteiger partial charge in [-0.05, 0) is 30.7 Å². The number of rotatable bonds is 4. The van der Waals surface area contributed by atoms with Crippen LogP contribution in [0, 0.1) is 6.92 Å². The molecule has 0 saturated heterocycles. The van der Waals surface area contributed by atoms with Crippen LogP contribution >= 0.6 is 11.3 Å². The zero-order chi connectivity index (χ0) is 20.0. The Kier molecular flexibility index (Phi) is 4.21. The standard InChI is InChI=1S/C23H18N2O3S/c1-15-6-4-7-16(12-15)13-24-20-18-9-2-3-10-19(18)29-21(20)22(26)25(23(24)27)14-17-8-5-11-28-17/h2-12H,13-14H2,1H3. The van der Waals surface area contributed by atoms with Crippen molar-refractivity contribution in [2.24, 2.45) is 0 Å². The lowest BCUT2D eigenvalue weighted by atomic mass is 10.1. The SMILES string of the molecule is Cc1cccc(Cn2c(=O)n(Cc3ccco3)c(=O)c3sc4ccccc4c32)c1. The summed E-state index contributed by atoms with van der Waals surface area (Å²) in [6.07, 6.45) is 1.55. The lowest BCUT2D eigenvalue weighted by Crippen LogP contribution is -2.40. The van der Waals surface area contributed by atoms with Crippen molar-refractivity contribution in [1.29, 1.82) is 0 Å². The lowest BCUT2D eigenvalue weighted by molar-refractivity contribution is 0.479. The maximum atomic E-state index is 13.4. The Balaban J connectivity index is 1.82. The highest BCUT2D eigenvalue weighted by atomic mass is 32.1. The number of aryl methyl sites for hydroxylation is 1. The average molecular weight is 402 g/mol. The van der Waals surface area contributed by atoms with Crippen molar-refractivity contribution in [2.45, 2.75) is 20.0 Å². The first-order valence-electron chi connectivity index (χ1n) is 9.34. The minimum atomic E-state index is -0.330. The maximum Gasteiger partial charge on any atom is 0.332 e. The predicted molar refractivity (Wildman–Crippen MR) is 116 cm³/mol. The van der Waals surface area contributed by atoms with E-state index in [2.05, 4.69) is 6.07 Å². The van der Waals surface area contributed by atoms with Crippen LogP contribution < -0.4 is 11.2 Å². The van der Waals surface area contributed by atoms with Crippen molar-refractivity contribution < 1.29 is 4.42 Å². The quantitative estimate of drug-likeness (QED) is 0.448. The molecule has 0 saturated carbocycles. The molecule has 0 atom stereocenters. The molecular weight excluding hydrogens is 384 g/mol. The zero-order valence-corrected chi connectivity index (χ0v) is 16.6. The van der Waals surface area contributed by atoms with Gasteiger partial charge in [-0.25, -0.2) is 4.79 Å².